The number of anilines is 3. The predicted octanol–water partition coefficient (Wildman–Crippen LogP) is 9.89. The molecule has 0 bridgehead atoms. The SMILES string of the molecule is C#Cc1ccc([C@H](C)NC(=O)[C@@H]2C[C@@H](O)CN2C(=O)[C@@H](NC(=O)N2CCC(N3CCC(c4cnc(N5CCc6[nH]c7nnc(-c8ccccc8O)cc7c6[C@H]5C)nc4)CC3)CC2)C(C)(C)CCO)c(C#Cc2ccc(CNC(=O)[C@@H]3C[C@@H](O)CN3C(=O)[C@@H](NC(=O)[C@H]3CCC4(CC3)C[C@H](N3CCC(N5CCC(N6CCN7c8cc(-c9ccccc9O)nnc8NC[C@H]7C6)CC5)CC3)C4)C(C)(C)C)c(F)c2)c1. The minimum atomic E-state index is -1.18. The number of hydrogen-bond donors (Lipinski definition) is 11. The molecular formula is C108H136FN21O11. The van der Waals surface area contributed by atoms with Crippen LogP contribution in [-0.2, 0) is 36.9 Å². The van der Waals surface area contributed by atoms with Crippen LogP contribution in [0, 0.1) is 52.2 Å². The second-order valence-electron chi connectivity index (χ2n) is 43.5. The Labute approximate surface area is 824 Å². The van der Waals surface area contributed by atoms with Crippen LogP contribution in [0.3, 0.4) is 0 Å². The largest absolute Gasteiger partial charge is 0.507 e. The van der Waals surface area contributed by atoms with Crippen molar-refractivity contribution in [1.29, 1.82) is 0 Å². The number of likely N-dealkylation sites (tertiary alicyclic amines) is 6. The number of urea groups is 1. The molecule has 2 saturated carbocycles. The summed E-state index contributed by atoms with van der Waals surface area (Å²) >= 11 is 0. The molecule has 8 aromatic rings. The molecule has 32 nitrogen and oxygen atoms in total. The number of H-pyrrole nitrogens is 1. The van der Waals surface area contributed by atoms with E-state index >= 15 is 9.18 Å². The topological polar surface area (TPSA) is 386 Å². The number of carbonyl (C=O) groups is 6. The number of amides is 7. The van der Waals surface area contributed by atoms with Gasteiger partial charge in [0.15, 0.2) is 11.5 Å². The van der Waals surface area contributed by atoms with Crippen LogP contribution in [0.2, 0.25) is 0 Å². The highest BCUT2D eigenvalue weighted by molar-refractivity contribution is 5.95. The van der Waals surface area contributed by atoms with E-state index in [1.54, 1.807) is 68.1 Å². The zero-order valence-corrected chi connectivity index (χ0v) is 82.2. The maximum atomic E-state index is 16.3. The third-order valence-electron chi connectivity index (χ3n) is 33.2. The molecule has 4 aromatic carbocycles. The van der Waals surface area contributed by atoms with Crippen molar-refractivity contribution in [2.75, 3.05) is 120 Å². The van der Waals surface area contributed by atoms with E-state index in [2.05, 4.69) is 112 Å². The van der Waals surface area contributed by atoms with Gasteiger partial charge in [0, 0.05) is 184 Å². The Balaban J connectivity index is 0.409. The molecule has 9 atom stereocenters. The molecule has 7 saturated heterocycles. The number of para-hydroxylation sites is 2. The molecule has 746 valence electrons. The Hall–Kier alpha value is -12.0. The van der Waals surface area contributed by atoms with Gasteiger partial charge >= 0.3 is 6.03 Å². The van der Waals surface area contributed by atoms with Crippen LogP contribution >= 0.6 is 0 Å². The summed E-state index contributed by atoms with van der Waals surface area (Å²) in [7, 11) is 0. The molecule has 2 aliphatic carbocycles. The smallest absolute Gasteiger partial charge is 0.318 e. The van der Waals surface area contributed by atoms with E-state index in [-0.39, 0.29) is 103 Å². The summed E-state index contributed by atoms with van der Waals surface area (Å²) in [6.07, 6.45) is 22.3. The van der Waals surface area contributed by atoms with Crippen LogP contribution in [0.4, 0.5) is 26.6 Å². The van der Waals surface area contributed by atoms with Crippen molar-refractivity contribution in [3.8, 4) is 58.2 Å². The lowest BCUT2D eigenvalue weighted by Gasteiger charge is -2.56. The standard InChI is InChI=1S/C108H136FN21O11/c1-9-67-20-23-81(65(2)114-101(138)91-53-80(133)64-130(91)103(140)96(107(7,8)37-49-131)117-105(141)125-44-32-75(33-45-125)122-38-26-69(27-39-122)73-59-112-104(113-60-73)127-46-34-86-94(66(127)3)84-54-87(118-120-97(84)115-86)82-14-10-12-16-92(82)134)71(50-67)21-18-68-19-22-72(85(109)51-68)58-111-100(137)90-52-79(132)63-129(90)102(139)95(106(4,5)6)116-99(136)70-24-35-108(36-25-70)56-77(57-108)124-42-28-74(29-43-124)123-40-30-76(31-41-123)126-47-48-128-78(62-126)61-110-98-89(128)55-88(119-121-98)83-15-11-13-17-93(83)135/h1,10-17,19-20,22-23,50-51,54-55,59-60,65-66,69-70,74-80,90-91,95-96,131-135H,24-49,52-53,56-58,61-64H2,2-8H3,(H,110,121)(H,111,137)(H,114,138)(H,115,120)(H,116,136)(H,117,141)/t65-,66+,70-,77-,78-,79+,80+,90-,91-,95+,96+,108?/m0/s1. The fraction of sp³-hybridized carbons (Fsp3) is 0.556. The molecule has 33 heteroatoms. The number of hydrogen-bond acceptors (Lipinski definition) is 24. The van der Waals surface area contributed by atoms with E-state index in [1.165, 1.54) is 47.6 Å². The number of aromatic amines is 1. The van der Waals surface area contributed by atoms with Gasteiger partial charge < -0.3 is 96.3 Å². The second-order valence-corrected chi connectivity index (χ2v) is 43.5. The van der Waals surface area contributed by atoms with Crippen molar-refractivity contribution in [3.63, 3.8) is 0 Å². The van der Waals surface area contributed by atoms with Crippen LogP contribution in [0.5, 0.6) is 11.5 Å². The molecule has 0 radical (unpaired) electrons. The number of fused-ring (bicyclic) bond motifs is 6. The Morgan fingerprint density at radius 1 is 0.603 bits per heavy atom. The monoisotopic (exact) mass is 1920 g/mol. The lowest BCUT2D eigenvalue weighted by Crippen LogP contribution is -2.61. The highest BCUT2D eigenvalue weighted by Gasteiger charge is 2.53. The Kier molecular flexibility index (Phi) is 28.6. The molecule has 13 heterocycles. The fourth-order valence-electron chi connectivity index (χ4n) is 24.8. The number of phenols is 2. The van der Waals surface area contributed by atoms with Gasteiger partial charge in [0.05, 0.1) is 47.4 Å². The number of β-amino-alcohol motifs (C(OH)–C–C–N with tert-alkyl or cyclic N) is 2. The van der Waals surface area contributed by atoms with Gasteiger partial charge in [0.25, 0.3) is 0 Å². The van der Waals surface area contributed by atoms with Gasteiger partial charge in [-0.3, -0.25) is 28.9 Å². The highest BCUT2D eigenvalue weighted by atomic mass is 19.1. The van der Waals surface area contributed by atoms with Crippen LogP contribution in [-0.4, -0.2) is 302 Å². The number of rotatable bonds is 22. The van der Waals surface area contributed by atoms with Gasteiger partial charge in [-0.25, -0.2) is 19.2 Å². The number of nitrogens with zero attached hydrogens (tertiary/aromatic N) is 15. The Morgan fingerprint density at radius 3 is 1.83 bits per heavy atom. The van der Waals surface area contributed by atoms with Crippen molar-refractivity contribution in [2.45, 2.75) is 255 Å². The van der Waals surface area contributed by atoms with E-state index < -0.39 is 88.7 Å². The third kappa shape index (κ3) is 20.8. The first-order chi connectivity index (χ1) is 67.9. The van der Waals surface area contributed by atoms with Crippen molar-refractivity contribution < 1.29 is 58.7 Å². The van der Waals surface area contributed by atoms with Crippen molar-refractivity contribution in [1.82, 2.24) is 90.9 Å². The molecule has 1 spiro atoms. The summed E-state index contributed by atoms with van der Waals surface area (Å²) in [5, 5.41) is 88.3. The Bertz CT molecular complexity index is 6050. The van der Waals surface area contributed by atoms with Crippen LogP contribution in [0.15, 0.2) is 109 Å². The van der Waals surface area contributed by atoms with Crippen molar-refractivity contribution in [3.05, 3.63) is 160 Å². The van der Waals surface area contributed by atoms with Crippen LogP contribution < -0.4 is 36.4 Å². The molecule has 0 unspecified atom stereocenters. The second kappa shape index (κ2) is 41.2. The number of terminal acetylenes is 1. The number of phenolic OH excluding ortho intramolecular Hbond substituents is 2. The number of halogens is 1. The number of piperidine rings is 4. The van der Waals surface area contributed by atoms with Crippen molar-refractivity contribution in [2.24, 2.45) is 22.2 Å². The number of benzene rings is 4. The fourth-order valence-corrected chi connectivity index (χ4v) is 24.8. The lowest BCUT2D eigenvalue weighted by molar-refractivity contribution is -0.145. The Morgan fingerprint density at radius 2 is 1.20 bits per heavy atom. The number of piperazine rings is 1. The summed E-state index contributed by atoms with van der Waals surface area (Å²) in [4.78, 5) is 121. The third-order valence-corrected chi connectivity index (χ3v) is 33.2. The quantitative estimate of drug-likeness (QED) is 0.0281. The van der Waals surface area contributed by atoms with Crippen molar-refractivity contribution >= 4 is 64.1 Å². The summed E-state index contributed by atoms with van der Waals surface area (Å²) in [5.74, 6) is 7.66. The maximum Gasteiger partial charge on any atom is 0.318 e. The van der Waals surface area contributed by atoms with E-state index in [0.29, 0.717) is 88.1 Å². The van der Waals surface area contributed by atoms with E-state index in [1.807, 2.05) is 69.6 Å². The van der Waals surface area contributed by atoms with Gasteiger partial charge in [-0.05, 0) is 243 Å². The number of carbonyl (C=O) groups excluding carboxylic acids is 6. The minimum absolute atomic E-state index is 0.0413. The predicted molar refractivity (Wildman–Crippen MR) is 534 cm³/mol. The maximum absolute atomic E-state index is 16.3. The summed E-state index contributed by atoms with van der Waals surface area (Å²) < 4.78 is 16.3. The first-order valence-electron chi connectivity index (χ1n) is 51.2. The highest BCUT2D eigenvalue weighted by Crippen LogP contribution is 2.55. The number of aliphatic hydroxyl groups excluding tert-OH is 3. The van der Waals surface area contributed by atoms with Gasteiger partial charge in [0.1, 0.15) is 41.5 Å². The summed E-state index contributed by atoms with van der Waals surface area (Å²) in [5.41, 5.74) is 8.06. The molecule has 11 N–H and O–H groups in total. The molecule has 141 heavy (non-hydrogen) atoms. The zero-order valence-electron chi connectivity index (χ0n) is 82.2. The first kappa shape index (κ1) is 97.9. The van der Waals surface area contributed by atoms with E-state index in [9.17, 15) is 49.5 Å². The average Bonchev–Trinajstić information content (AvgIpc) is 1.53. The zero-order chi connectivity index (χ0) is 98.5. The normalized spacial score (nSPS) is 24.9. The summed E-state index contributed by atoms with van der Waals surface area (Å²) in [6, 6.07) is 24.7. The van der Waals surface area contributed by atoms with E-state index in [0.717, 1.165) is 176 Å². The van der Waals surface area contributed by atoms with Gasteiger partial charge in [-0.15, -0.1) is 26.8 Å². The summed E-state index contributed by atoms with van der Waals surface area (Å²) in [6.45, 7) is 24.0. The van der Waals surface area contributed by atoms with Crippen LogP contribution in [0.1, 0.15) is 220 Å². The molecule has 19 rings (SSSR count). The molecular weight excluding hydrogens is 1790 g/mol. The van der Waals surface area contributed by atoms with E-state index in [4.69, 9.17) is 16.4 Å². The van der Waals surface area contributed by atoms with Gasteiger partial charge in [-0.1, -0.05) is 88.8 Å². The lowest BCUT2D eigenvalue weighted by atomic mass is 9.56. The number of aromatic hydroxyl groups is 2. The van der Waals surface area contributed by atoms with Gasteiger partial charge in [0.2, 0.25) is 35.5 Å². The minimum Gasteiger partial charge on any atom is -0.507 e. The average molecular weight is 1920 g/mol. The van der Waals surface area contributed by atoms with Crippen LogP contribution in [0.25, 0.3) is 33.5 Å². The molecule has 9 fully saturated rings. The molecule has 11 aliphatic rings. The molecule has 4 aromatic heterocycles. The number of aromatic nitrogens is 7. The number of nitrogens with one attached hydrogen (secondary N) is 6. The van der Waals surface area contributed by atoms with Gasteiger partial charge in [-0.2, -0.15) is 0 Å². The molecule has 7 amide bonds. The molecule has 9 aliphatic heterocycles. The first-order valence-corrected chi connectivity index (χ1v) is 51.2. The number of aliphatic hydroxyl groups is 3.